The highest BCUT2D eigenvalue weighted by molar-refractivity contribution is 5.75. The molecule has 0 unspecified atom stereocenters. The Bertz CT molecular complexity index is 530. The zero-order chi connectivity index (χ0) is 13.1. The smallest absolute Gasteiger partial charge is 0.0620 e. The monoisotopic (exact) mass is 241 g/mol. The van der Waals surface area contributed by atoms with Gasteiger partial charge in [0.2, 0.25) is 0 Å². The van der Waals surface area contributed by atoms with Gasteiger partial charge in [0.15, 0.2) is 0 Å². The number of nitrogen functional groups attached to an aromatic ring is 1. The van der Waals surface area contributed by atoms with Crippen LogP contribution in [0.3, 0.4) is 0 Å². The molecule has 2 aromatic carbocycles. The van der Waals surface area contributed by atoms with E-state index in [0.29, 0.717) is 0 Å². The molecule has 0 saturated heterocycles. The largest absolute Gasteiger partial charge is 0.397 e. The fraction of sp³-hybridized carbons (Fsp3) is 0.200. The fourth-order valence-electron chi connectivity index (χ4n) is 1.79. The summed E-state index contributed by atoms with van der Waals surface area (Å²) in [6.45, 7) is 2.01. The molecule has 0 radical (unpaired) electrons. The summed E-state index contributed by atoms with van der Waals surface area (Å²) in [5.41, 5.74) is 11.1. The molecule has 3 heteroatoms. The van der Waals surface area contributed by atoms with Gasteiger partial charge in [-0.2, -0.15) is 0 Å². The molecule has 0 amide bonds. The standard InChI is InChI=1S/C15H19N3/c1-11-5-4-6-14(15(11)16)17-12-7-9-13(10-8-12)18(2)3/h4-10,17H,16H2,1-3H3. The SMILES string of the molecule is Cc1cccc(Nc2ccc(N(C)C)cc2)c1N. The molecule has 0 aliphatic heterocycles. The summed E-state index contributed by atoms with van der Waals surface area (Å²) in [6.07, 6.45) is 0. The van der Waals surface area contributed by atoms with Gasteiger partial charge in [0.05, 0.1) is 11.4 Å². The van der Waals surface area contributed by atoms with Gasteiger partial charge in [-0.3, -0.25) is 0 Å². The lowest BCUT2D eigenvalue weighted by molar-refractivity contribution is 1.13. The van der Waals surface area contributed by atoms with Gasteiger partial charge >= 0.3 is 0 Å². The molecular formula is C15H19N3. The number of nitrogens with one attached hydrogen (secondary N) is 1. The van der Waals surface area contributed by atoms with Crippen molar-refractivity contribution in [3.8, 4) is 0 Å². The lowest BCUT2D eigenvalue weighted by Crippen LogP contribution is -2.08. The fourth-order valence-corrected chi connectivity index (χ4v) is 1.79. The van der Waals surface area contributed by atoms with Gasteiger partial charge in [0.25, 0.3) is 0 Å². The van der Waals surface area contributed by atoms with Crippen LogP contribution < -0.4 is 16.0 Å². The van der Waals surface area contributed by atoms with Crippen LogP contribution in [0.4, 0.5) is 22.7 Å². The highest BCUT2D eigenvalue weighted by Crippen LogP contribution is 2.26. The highest BCUT2D eigenvalue weighted by atomic mass is 15.1. The Morgan fingerprint density at radius 2 is 1.67 bits per heavy atom. The minimum Gasteiger partial charge on any atom is -0.397 e. The molecule has 0 atom stereocenters. The van der Waals surface area contributed by atoms with Crippen molar-refractivity contribution in [3.05, 3.63) is 48.0 Å². The number of para-hydroxylation sites is 1. The second-order valence-corrected chi connectivity index (χ2v) is 4.60. The number of nitrogens with zero attached hydrogens (tertiary/aromatic N) is 1. The van der Waals surface area contributed by atoms with Crippen molar-refractivity contribution >= 4 is 22.7 Å². The van der Waals surface area contributed by atoms with Crippen molar-refractivity contribution in [1.82, 2.24) is 0 Å². The van der Waals surface area contributed by atoms with Crippen LogP contribution in [-0.4, -0.2) is 14.1 Å². The van der Waals surface area contributed by atoms with Crippen LogP contribution >= 0.6 is 0 Å². The molecule has 0 spiro atoms. The van der Waals surface area contributed by atoms with E-state index in [1.54, 1.807) is 0 Å². The summed E-state index contributed by atoms with van der Waals surface area (Å²) in [6, 6.07) is 14.3. The lowest BCUT2D eigenvalue weighted by Gasteiger charge is -2.14. The summed E-state index contributed by atoms with van der Waals surface area (Å²) in [7, 11) is 4.06. The maximum Gasteiger partial charge on any atom is 0.0620 e. The second kappa shape index (κ2) is 5.00. The van der Waals surface area contributed by atoms with E-state index in [-0.39, 0.29) is 0 Å². The van der Waals surface area contributed by atoms with Gasteiger partial charge in [-0.05, 0) is 42.8 Å². The molecule has 3 nitrogen and oxygen atoms in total. The first kappa shape index (κ1) is 12.3. The Labute approximate surface area is 108 Å². The topological polar surface area (TPSA) is 41.3 Å². The Hall–Kier alpha value is -2.16. The van der Waals surface area contributed by atoms with Crippen LogP contribution in [0.1, 0.15) is 5.56 Å². The third kappa shape index (κ3) is 2.56. The number of hydrogen-bond donors (Lipinski definition) is 2. The lowest BCUT2D eigenvalue weighted by atomic mass is 10.1. The third-order valence-electron chi connectivity index (χ3n) is 2.99. The van der Waals surface area contributed by atoms with Crippen molar-refractivity contribution < 1.29 is 0 Å². The average Bonchev–Trinajstić information content (AvgIpc) is 2.36. The van der Waals surface area contributed by atoms with E-state index in [4.69, 9.17) is 5.73 Å². The van der Waals surface area contributed by atoms with E-state index < -0.39 is 0 Å². The van der Waals surface area contributed by atoms with Crippen molar-refractivity contribution in [2.45, 2.75) is 6.92 Å². The molecule has 2 aromatic rings. The Morgan fingerprint density at radius 1 is 1.00 bits per heavy atom. The van der Waals surface area contributed by atoms with Crippen LogP contribution in [-0.2, 0) is 0 Å². The summed E-state index contributed by atoms with van der Waals surface area (Å²) in [4.78, 5) is 2.07. The maximum atomic E-state index is 6.04. The van der Waals surface area contributed by atoms with Gasteiger partial charge in [-0.1, -0.05) is 12.1 Å². The number of rotatable bonds is 3. The molecular weight excluding hydrogens is 222 g/mol. The van der Waals surface area contributed by atoms with Gasteiger partial charge < -0.3 is 16.0 Å². The summed E-state index contributed by atoms with van der Waals surface area (Å²) in [5, 5.41) is 3.34. The average molecular weight is 241 g/mol. The minimum atomic E-state index is 0.800. The molecule has 0 aromatic heterocycles. The molecule has 0 heterocycles. The van der Waals surface area contributed by atoms with Crippen molar-refractivity contribution in [2.75, 3.05) is 30.0 Å². The highest BCUT2D eigenvalue weighted by Gasteiger charge is 2.02. The first-order chi connectivity index (χ1) is 8.58. The van der Waals surface area contributed by atoms with Crippen LogP contribution in [0.2, 0.25) is 0 Å². The summed E-state index contributed by atoms with van der Waals surface area (Å²) < 4.78 is 0. The third-order valence-corrected chi connectivity index (χ3v) is 2.99. The van der Waals surface area contributed by atoms with E-state index in [0.717, 1.165) is 22.6 Å². The zero-order valence-electron chi connectivity index (χ0n) is 11.1. The Morgan fingerprint density at radius 3 is 2.28 bits per heavy atom. The maximum absolute atomic E-state index is 6.04. The molecule has 0 aliphatic rings. The molecule has 0 bridgehead atoms. The van der Waals surface area contributed by atoms with Crippen molar-refractivity contribution in [1.29, 1.82) is 0 Å². The molecule has 18 heavy (non-hydrogen) atoms. The molecule has 3 N–H and O–H groups in total. The second-order valence-electron chi connectivity index (χ2n) is 4.60. The summed E-state index contributed by atoms with van der Waals surface area (Å²) in [5.74, 6) is 0. The van der Waals surface area contributed by atoms with E-state index in [1.165, 1.54) is 5.69 Å². The number of anilines is 4. The van der Waals surface area contributed by atoms with E-state index >= 15 is 0 Å². The normalized spacial score (nSPS) is 10.2. The molecule has 0 aliphatic carbocycles. The first-order valence-electron chi connectivity index (χ1n) is 5.97. The van der Waals surface area contributed by atoms with E-state index in [1.807, 2.05) is 39.2 Å². The number of aryl methyl sites for hydroxylation is 1. The van der Waals surface area contributed by atoms with Gasteiger partial charge in [0, 0.05) is 25.5 Å². The van der Waals surface area contributed by atoms with Crippen LogP contribution in [0, 0.1) is 6.92 Å². The minimum absolute atomic E-state index is 0.800. The van der Waals surface area contributed by atoms with Crippen LogP contribution in [0.15, 0.2) is 42.5 Å². The van der Waals surface area contributed by atoms with Gasteiger partial charge in [-0.15, -0.1) is 0 Å². The number of hydrogen-bond acceptors (Lipinski definition) is 3. The van der Waals surface area contributed by atoms with Gasteiger partial charge in [-0.25, -0.2) is 0 Å². The Kier molecular flexibility index (Phi) is 3.42. The van der Waals surface area contributed by atoms with E-state index in [9.17, 15) is 0 Å². The van der Waals surface area contributed by atoms with Crippen molar-refractivity contribution in [2.24, 2.45) is 0 Å². The van der Waals surface area contributed by atoms with Crippen LogP contribution in [0.5, 0.6) is 0 Å². The molecule has 0 fully saturated rings. The van der Waals surface area contributed by atoms with Crippen molar-refractivity contribution in [3.63, 3.8) is 0 Å². The predicted octanol–water partition coefficient (Wildman–Crippen LogP) is 3.39. The predicted molar refractivity (Wildman–Crippen MR) is 79.6 cm³/mol. The Balaban J connectivity index is 2.21. The van der Waals surface area contributed by atoms with Crippen LogP contribution in [0.25, 0.3) is 0 Å². The quantitative estimate of drug-likeness (QED) is 0.809. The zero-order valence-corrected chi connectivity index (χ0v) is 11.1. The molecule has 94 valence electrons. The van der Waals surface area contributed by atoms with E-state index in [2.05, 4.69) is 34.5 Å². The molecule has 2 rings (SSSR count). The number of benzene rings is 2. The number of nitrogens with two attached hydrogens (primary N) is 1. The summed E-state index contributed by atoms with van der Waals surface area (Å²) >= 11 is 0. The first-order valence-corrected chi connectivity index (χ1v) is 5.97. The van der Waals surface area contributed by atoms with Gasteiger partial charge in [0.1, 0.15) is 0 Å². The molecule has 0 saturated carbocycles.